The summed E-state index contributed by atoms with van der Waals surface area (Å²) in [5.74, 6) is 0. The van der Waals surface area contributed by atoms with Gasteiger partial charge in [-0.15, -0.1) is 0 Å². The second kappa shape index (κ2) is 2.96. The van der Waals surface area contributed by atoms with Crippen LogP contribution in [0.5, 0.6) is 5.06 Å². The number of ether oxygens (including phenoxy) is 1. The van der Waals surface area contributed by atoms with Gasteiger partial charge in [0.25, 0.3) is 0 Å². The minimum atomic E-state index is 0.792. The molecule has 62 valence electrons. The van der Waals surface area contributed by atoms with Gasteiger partial charge in [0, 0.05) is 0 Å². The Morgan fingerprint density at radius 2 is 2.25 bits per heavy atom. The fourth-order valence-corrected chi connectivity index (χ4v) is 2.28. The monoisotopic (exact) mass is 198 g/mol. The van der Waals surface area contributed by atoms with Gasteiger partial charge >= 0.3 is 0 Å². The highest BCUT2D eigenvalue weighted by molar-refractivity contribution is 7.21. The van der Waals surface area contributed by atoms with E-state index in [-0.39, 0.29) is 0 Å². The van der Waals surface area contributed by atoms with Crippen LogP contribution in [-0.2, 0) is 0 Å². The van der Waals surface area contributed by atoms with Gasteiger partial charge < -0.3 is 4.74 Å². The van der Waals surface area contributed by atoms with Crippen LogP contribution in [0.15, 0.2) is 24.3 Å². The van der Waals surface area contributed by atoms with Crippen molar-refractivity contribution in [2.24, 2.45) is 0 Å². The molecule has 0 atom stereocenters. The lowest BCUT2D eigenvalue weighted by atomic mass is 10.3. The molecule has 1 nitrogen and oxygen atoms in total. The first-order valence-electron chi connectivity index (χ1n) is 3.53. The van der Waals surface area contributed by atoms with E-state index < -0.39 is 0 Å². The maximum Gasteiger partial charge on any atom is 0.174 e. The summed E-state index contributed by atoms with van der Waals surface area (Å²) in [7, 11) is 1.67. The van der Waals surface area contributed by atoms with Gasteiger partial charge in [-0.1, -0.05) is 35.1 Å². The Labute approximate surface area is 79.5 Å². The number of hydrogen-bond donors (Lipinski definition) is 0. The summed E-state index contributed by atoms with van der Waals surface area (Å²) < 4.78 is 6.21. The van der Waals surface area contributed by atoms with Crippen molar-refractivity contribution in [1.29, 1.82) is 0 Å². The Bertz CT molecular complexity index is 408. The van der Waals surface area contributed by atoms with Crippen LogP contribution in [0.2, 0.25) is 5.02 Å². The van der Waals surface area contributed by atoms with Gasteiger partial charge in [-0.05, 0) is 17.5 Å². The molecule has 2 aromatic rings. The third-order valence-corrected chi connectivity index (χ3v) is 3.25. The quantitative estimate of drug-likeness (QED) is 0.681. The molecule has 0 saturated heterocycles. The fraction of sp³-hybridized carbons (Fsp3) is 0.111. The first-order chi connectivity index (χ1) is 5.81. The van der Waals surface area contributed by atoms with Gasteiger partial charge in [-0.3, -0.25) is 0 Å². The molecule has 0 amide bonds. The lowest BCUT2D eigenvalue weighted by Crippen LogP contribution is -1.73. The third kappa shape index (κ3) is 1.17. The first kappa shape index (κ1) is 7.90. The van der Waals surface area contributed by atoms with Gasteiger partial charge in [0.2, 0.25) is 0 Å². The molecule has 0 aliphatic rings. The molecule has 12 heavy (non-hydrogen) atoms. The van der Waals surface area contributed by atoms with E-state index in [1.54, 1.807) is 18.4 Å². The standard InChI is InChI=1S/C9H7ClOS/c1-11-8-5-6-3-2-4-7(10)9(6)12-8/h2-5H,1H3. The molecule has 0 fully saturated rings. The van der Waals surface area contributed by atoms with Crippen molar-refractivity contribution in [2.45, 2.75) is 0 Å². The number of thiophene rings is 1. The van der Waals surface area contributed by atoms with Crippen LogP contribution >= 0.6 is 22.9 Å². The number of halogens is 1. The van der Waals surface area contributed by atoms with Gasteiger partial charge in [-0.2, -0.15) is 0 Å². The van der Waals surface area contributed by atoms with Crippen LogP contribution in [0.3, 0.4) is 0 Å². The van der Waals surface area contributed by atoms with E-state index in [1.165, 1.54) is 0 Å². The molecule has 1 heterocycles. The van der Waals surface area contributed by atoms with Crippen molar-refractivity contribution in [1.82, 2.24) is 0 Å². The smallest absolute Gasteiger partial charge is 0.174 e. The molecule has 0 aliphatic heterocycles. The molecule has 1 aromatic carbocycles. The molecule has 0 radical (unpaired) electrons. The highest BCUT2D eigenvalue weighted by Gasteiger charge is 2.03. The van der Waals surface area contributed by atoms with E-state index in [2.05, 4.69) is 0 Å². The van der Waals surface area contributed by atoms with Gasteiger partial charge in [0.15, 0.2) is 5.06 Å². The summed E-state index contributed by atoms with van der Waals surface area (Å²) >= 11 is 7.55. The minimum absolute atomic E-state index is 0.792. The molecule has 0 spiro atoms. The van der Waals surface area contributed by atoms with Gasteiger partial charge in [0.05, 0.1) is 16.8 Å². The van der Waals surface area contributed by atoms with Crippen LogP contribution in [0, 0.1) is 0 Å². The normalized spacial score (nSPS) is 10.5. The molecule has 0 aliphatic carbocycles. The van der Waals surface area contributed by atoms with Crippen molar-refractivity contribution >= 4 is 33.0 Å². The molecule has 0 saturated carbocycles. The zero-order valence-corrected chi connectivity index (χ0v) is 8.08. The maximum atomic E-state index is 5.98. The van der Waals surface area contributed by atoms with Crippen LogP contribution < -0.4 is 4.74 Å². The highest BCUT2D eigenvalue weighted by atomic mass is 35.5. The summed E-state index contributed by atoms with van der Waals surface area (Å²) in [6.07, 6.45) is 0. The summed E-state index contributed by atoms with van der Waals surface area (Å²) in [6, 6.07) is 7.85. The van der Waals surface area contributed by atoms with Crippen molar-refractivity contribution in [3.63, 3.8) is 0 Å². The zero-order chi connectivity index (χ0) is 8.55. The highest BCUT2D eigenvalue weighted by Crippen LogP contribution is 2.35. The maximum absolute atomic E-state index is 5.98. The Morgan fingerprint density at radius 1 is 1.42 bits per heavy atom. The lowest BCUT2D eigenvalue weighted by molar-refractivity contribution is 0.427. The number of rotatable bonds is 1. The molecular formula is C9H7ClOS. The molecule has 0 N–H and O–H groups in total. The van der Waals surface area contributed by atoms with E-state index in [9.17, 15) is 0 Å². The minimum Gasteiger partial charge on any atom is -0.487 e. The van der Waals surface area contributed by atoms with Crippen LogP contribution in [0.4, 0.5) is 0 Å². The Morgan fingerprint density at radius 3 is 2.92 bits per heavy atom. The van der Waals surface area contributed by atoms with Crippen LogP contribution in [0.1, 0.15) is 0 Å². The van der Waals surface area contributed by atoms with E-state index >= 15 is 0 Å². The number of hydrogen-bond acceptors (Lipinski definition) is 2. The zero-order valence-electron chi connectivity index (χ0n) is 6.50. The molecule has 2 rings (SSSR count). The lowest BCUT2D eigenvalue weighted by Gasteiger charge is -1.89. The number of fused-ring (bicyclic) bond motifs is 1. The van der Waals surface area contributed by atoms with E-state index in [4.69, 9.17) is 16.3 Å². The second-order valence-corrected chi connectivity index (χ2v) is 3.85. The molecule has 3 heteroatoms. The van der Waals surface area contributed by atoms with Crippen molar-refractivity contribution in [2.75, 3.05) is 7.11 Å². The van der Waals surface area contributed by atoms with Crippen molar-refractivity contribution in [3.8, 4) is 5.06 Å². The summed E-state index contributed by atoms with van der Waals surface area (Å²) in [5, 5.41) is 2.84. The van der Waals surface area contributed by atoms with Gasteiger partial charge in [-0.25, -0.2) is 0 Å². The number of methoxy groups -OCH3 is 1. The number of benzene rings is 1. The molecule has 1 aromatic heterocycles. The van der Waals surface area contributed by atoms with Crippen molar-refractivity contribution < 1.29 is 4.74 Å². The topological polar surface area (TPSA) is 9.23 Å². The van der Waals surface area contributed by atoms with Crippen LogP contribution in [0.25, 0.3) is 10.1 Å². The third-order valence-electron chi connectivity index (χ3n) is 1.67. The van der Waals surface area contributed by atoms with E-state index in [0.29, 0.717) is 0 Å². The summed E-state index contributed by atoms with van der Waals surface area (Å²) in [5.41, 5.74) is 0. The SMILES string of the molecule is COc1cc2cccc(Cl)c2s1. The van der Waals surface area contributed by atoms with Crippen LogP contribution in [-0.4, -0.2) is 7.11 Å². The fourth-order valence-electron chi connectivity index (χ4n) is 1.10. The largest absolute Gasteiger partial charge is 0.487 e. The van der Waals surface area contributed by atoms with E-state index in [1.807, 2.05) is 24.3 Å². The molecule has 0 unspecified atom stereocenters. The molecule has 0 bridgehead atoms. The second-order valence-electron chi connectivity index (χ2n) is 2.43. The average Bonchev–Trinajstić information content (AvgIpc) is 2.49. The predicted octanol–water partition coefficient (Wildman–Crippen LogP) is 3.56. The Hall–Kier alpha value is -0.730. The first-order valence-corrected chi connectivity index (χ1v) is 4.73. The molecular weight excluding hydrogens is 192 g/mol. The predicted molar refractivity (Wildman–Crippen MR) is 53.4 cm³/mol. The Balaban J connectivity index is 2.74. The summed E-state index contributed by atoms with van der Waals surface area (Å²) in [4.78, 5) is 0. The van der Waals surface area contributed by atoms with Gasteiger partial charge in [0.1, 0.15) is 0 Å². The van der Waals surface area contributed by atoms with Crippen molar-refractivity contribution in [3.05, 3.63) is 29.3 Å². The van der Waals surface area contributed by atoms with E-state index in [0.717, 1.165) is 20.2 Å². The summed E-state index contributed by atoms with van der Waals surface area (Å²) in [6.45, 7) is 0. The average molecular weight is 199 g/mol. The Kier molecular flexibility index (Phi) is 1.95.